The highest BCUT2D eigenvalue weighted by Crippen LogP contribution is 2.41. The molecule has 0 amide bonds. The number of halogens is 1. The number of nitrogens with two attached hydrogens (primary N) is 1. The van der Waals surface area contributed by atoms with Crippen molar-refractivity contribution in [3.8, 4) is 0 Å². The summed E-state index contributed by atoms with van der Waals surface area (Å²) in [7, 11) is 4.23. The molecule has 20 heavy (non-hydrogen) atoms. The Bertz CT molecular complexity index is 453. The van der Waals surface area contributed by atoms with E-state index in [9.17, 15) is 4.39 Å². The van der Waals surface area contributed by atoms with Crippen LogP contribution >= 0.6 is 0 Å². The zero-order chi connectivity index (χ0) is 14.8. The third-order valence-electron chi connectivity index (χ3n) is 4.83. The number of nitrogens with zero attached hydrogens (tertiary/aromatic N) is 1. The van der Waals surface area contributed by atoms with Crippen LogP contribution in [0, 0.1) is 12.7 Å². The van der Waals surface area contributed by atoms with E-state index >= 15 is 0 Å². The summed E-state index contributed by atoms with van der Waals surface area (Å²) in [5, 5.41) is 0. The van der Waals surface area contributed by atoms with Crippen molar-refractivity contribution in [2.45, 2.75) is 50.6 Å². The molecule has 1 saturated carbocycles. The molecule has 0 aliphatic heterocycles. The van der Waals surface area contributed by atoms with Crippen molar-refractivity contribution < 1.29 is 4.39 Å². The van der Waals surface area contributed by atoms with Crippen molar-refractivity contribution in [2.24, 2.45) is 5.84 Å². The summed E-state index contributed by atoms with van der Waals surface area (Å²) >= 11 is 0. The SMILES string of the molecule is Cc1cc(C(NN)C2(N(C)C)CCCCC2)ccc1F. The van der Waals surface area contributed by atoms with Gasteiger partial charge in [-0.15, -0.1) is 0 Å². The molecule has 1 aromatic carbocycles. The van der Waals surface area contributed by atoms with E-state index in [4.69, 9.17) is 5.84 Å². The van der Waals surface area contributed by atoms with Crippen LogP contribution in [-0.2, 0) is 0 Å². The third-order valence-corrected chi connectivity index (χ3v) is 4.83. The van der Waals surface area contributed by atoms with Gasteiger partial charge >= 0.3 is 0 Å². The first-order chi connectivity index (χ1) is 9.51. The van der Waals surface area contributed by atoms with Crippen LogP contribution in [0.15, 0.2) is 18.2 Å². The fourth-order valence-electron chi connectivity index (χ4n) is 3.57. The molecule has 2 rings (SSSR count). The van der Waals surface area contributed by atoms with Crippen molar-refractivity contribution in [3.63, 3.8) is 0 Å². The van der Waals surface area contributed by atoms with E-state index in [1.165, 1.54) is 19.3 Å². The number of nitrogens with one attached hydrogen (secondary N) is 1. The smallest absolute Gasteiger partial charge is 0.126 e. The van der Waals surface area contributed by atoms with Crippen LogP contribution in [0.2, 0.25) is 0 Å². The van der Waals surface area contributed by atoms with Crippen LogP contribution in [-0.4, -0.2) is 24.5 Å². The molecule has 1 aliphatic carbocycles. The van der Waals surface area contributed by atoms with E-state index in [-0.39, 0.29) is 17.4 Å². The second-order valence-electron chi connectivity index (χ2n) is 6.17. The maximum Gasteiger partial charge on any atom is 0.126 e. The molecule has 0 radical (unpaired) electrons. The molecule has 0 saturated heterocycles. The lowest BCUT2D eigenvalue weighted by atomic mass is 9.73. The lowest BCUT2D eigenvalue weighted by Gasteiger charge is -2.48. The van der Waals surface area contributed by atoms with E-state index in [2.05, 4.69) is 24.4 Å². The molecule has 1 unspecified atom stereocenters. The molecule has 0 heterocycles. The van der Waals surface area contributed by atoms with Crippen molar-refractivity contribution >= 4 is 0 Å². The normalized spacial score (nSPS) is 20.1. The number of hydrogen-bond donors (Lipinski definition) is 2. The van der Waals surface area contributed by atoms with Crippen molar-refractivity contribution in [1.82, 2.24) is 10.3 Å². The summed E-state index contributed by atoms with van der Waals surface area (Å²) in [5.74, 6) is 5.72. The molecular weight excluding hydrogens is 253 g/mol. The molecule has 1 aliphatic rings. The average molecular weight is 279 g/mol. The zero-order valence-electron chi connectivity index (χ0n) is 12.7. The first-order valence-corrected chi connectivity index (χ1v) is 7.41. The van der Waals surface area contributed by atoms with E-state index in [0.29, 0.717) is 5.56 Å². The van der Waals surface area contributed by atoms with Crippen molar-refractivity contribution in [3.05, 3.63) is 35.1 Å². The topological polar surface area (TPSA) is 41.3 Å². The predicted molar refractivity (Wildman–Crippen MR) is 80.7 cm³/mol. The van der Waals surface area contributed by atoms with E-state index in [1.54, 1.807) is 13.0 Å². The minimum absolute atomic E-state index is 0.0112. The van der Waals surface area contributed by atoms with Crippen LogP contribution in [0.1, 0.15) is 49.3 Å². The van der Waals surface area contributed by atoms with Gasteiger partial charge in [0.05, 0.1) is 6.04 Å². The van der Waals surface area contributed by atoms with Gasteiger partial charge in [-0.05, 0) is 51.1 Å². The van der Waals surface area contributed by atoms with Gasteiger partial charge in [0.25, 0.3) is 0 Å². The number of benzene rings is 1. The molecule has 1 aromatic rings. The minimum Gasteiger partial charge on any atom is -0.302 e. The van der Waals surface area contributed by atoms with Gasteiger partial charge in [0, 0.05) is 5.54 Å². The molecule has 112 valence electrons. The monoisotopic (exact) mass is 279 g/mol. The van der Waals surface area contributed by atoms with Crippen LogP contribution in [0.4, 0.5) is 4.39 Å². The summed E-state index contributed by atoms with van der Waals surface area (Å²) in [6, 6.07) is 5.34. The first kappa shape index (κ1) is 15.4. The quantitative estimate of drug-likeness (QED) is 0.658. The molecule has 1 atom stereocenters. The Hall–Kier alpha value is -0.970. The summed E-state index contributed by atoms with van der Waals surface area (Å²) in [4.78, 5) is 2.29. The molecule has 3 nitrogen and oxygen atoms in total. The van der Waals surface area contributed by atoms with Gasteiger partial charge in [-0.2, -0.15) is 0 Å². The van der Waals surface area contributed by atoms with Crippen LogP contribution in [0.3, 0.4) is 0 Å². The molecule has 0 spiro atoms. The van der Waals surface area contributed by atoms with Crippen molar-refractivity contribution in [1.29, 1.82) is 0 Å². The lowest BCUT2D eigenvalue weighted by Crippen LogP contribution is -2.56. The molecule has 0 aromatic heterocycles. The van der Waals surface area contributed by atoms with Crippen LogP contribution in [0.25, 0.3) is 0 Å². The van der Waals surface area contributed by atoms with Crippen molar-refractivity contribution in [2.75, 3.05) is 14.1 Å². The fourth-order valence-corrected chi connectivity index (χ4v) is 3.57. The minimum atomic E-state index is -0.160. The summed E-state index contributed by atoms with van der Waals surface area (Å²) < 4.78 is 13.5. The van der Waals surface area contributed by atoms with E-state index in [1.807, 2.05) is 12.1 Å². The maximum atomic E-state index is 13.5. The largest absolute Gasteiger partial charge is 0.302 e. The highest BCUT2D eigenvalue weighted by molar-refractivity contribution is 5.29. The Morgan fingerprint density at radius 2 is 1.90 bits per heavy atom. The summed E-state index contributed by atoms with van der Waals surface area (Å²) in [5.41, 5.74) is 4.75. The Balaban J connectivity index is 2.39. The van der Waals surface area contributed by atoms with E-state index in [0.717, 1.165) is 18.4 Å². The third kappa shape index (κ3) is 2.73. The highest BCUT2D eigenvalue weighted by atomic mass is 19.1. The highest BCUT2D eigenvalue weighted by Gasteiger charge is 2.42. The molecule has 0 bridgehead atoms. The molecule has 1 fully saturated rings. The fraction of sp³-hybridized carbons (Fsp3) is 0.625. The summed E-state index contributed by atoms with van der Waals surface area (Å²) in [6.07, 6.45) is 5.96. The number of hydrogen-bond acceptors (Lipinski definition) is 3. The Morgan fingerprint density at radius 1 is 1.25 bits per heavy atom. The van der Waals surface area contributed by atoms with Gasteiger partial charge in [-0.1, -0.05) is 31.4 Å². The number of aryl methyl sites for hydroxylation is 1. The second kappa shape index (κ2) is 6.20. The standard InChI is InChI=1S/C16H26FN3/c1-12-11-13(7-8-14(12)17)15(19-18)16(20(2)3)9-5-4-6-10-16/h7-8,11,15,19H,4-6,9-10,18H2,1-3H3. The maximum absolute atomic E-state index is 13.5. The van der Waals surface area contributed by atoms with Gasteiger partial charge in [-0.3, -0.25) is 11.3 Å². The van der Waals surface area contributed by atoms with Crippen LogP contribution < -0.4 is 11.3 Å². The molecular formula is C16H26FN3. The van der Waals surface area contributed by atoms with Gasteiger partial charge in [0.2, 0.25) is 0 Å². The van der Waals surface area contributed by atoms with Gasteiger partial charge in [0.1, 0.15) is 5.82 Å². The predicted octanol–water partition coefficient (Wildman–Crippen LogP) is 2.90. The number of rotatable bonds is 4. The van der Waals surface area contributed by atoms with Gasteiger partial charge in [-0.25, -0.2) is 4.39 Å². The second-order valence-corrected chi connectivity index (χ2v) is 6.17. The van der Waals surface area contributed by atoms with Gasteiger partial charge < -0.3 is 4.90 Å². The Labute approximate surface area is 121 Å². The first-order valence-electron chi connectivity index (χ1n) is 7.41. The lowest BCUT2D eigenvalue weighted by molar-refractivity contribution is 0.0564. The average Bonchev–Trinajstić information content (AvgIpc) is 2.44. The Kier molecular flexibility index (Phi) is 4.78. The molecule has 3 N–H and O–H groups in total. The zero-order valence-corrected chi connectivity index (χ0v) is 12.7. The molecule has 4 heteroatoms. The van der Waals surface area contributed by atoms with E-state index < -0.39 is 0 Å². The van der Waals surface area contributed by atoms with Gasteiger partial charge in [0.15, 0.2) is 0 Å². The number of hydrazine groups is 1. The summed E-state index contributed by atoms with van der Waals surface area (Å²) in [6.45, 7) is 1.80. The van der Waals surface area contributed by atoms with Crippen LogP contribution in [0.5, 0.6) is 0 Å². The number of likely N-dealkylation sites (N-methyl/N-ethyl adjacent to an activating group) is 1. The Morgan fingerprint density at radius 3 is 2.40 bits per heavy atom.